The van der Waals surface area contributed by atoms with Crippen LogP contribution in [0.25, 0.3) is 0 Å². The van der Waals surface area contributed by atoms with E-state index in [1.807, 2.05) is 26.0 Å². The van der Waals surface area contributed by atoms with Gasteiger partial charge in [0, 0.05) is 11.3 Å². The molecule has 1 rings (SSSR count). The summed E-state index contributed by atoms with van der Waals surface area (Å²) in [5.74, 6) is 0.311. The molecule has 1 N–H and O–H groups in total. The van der Waals surface area contributed by atoms with Crippen molar-refractivity contribution in [2.24, 2.45) is 5.92 Å². The van der Waals surface area contributed by atoms with Gasteiger partial charge in [0.25, 0.3) is 0 Å². The van der Waals surface area contributed by atoms with Crippen molar-refractivity contribution in [1.29, 1.82) is 0 Å². The third kappa shape index (κ3) is 2.77. The molecule has 0 fully saturated rings. The quantitative estimate of drug-likeness (QED) is 0.803. The largest absolute Gasteiger partial charge is 0.392 e. The zero-order chi connectivity index (χ0) is 9.14. The first-order chi connectivity index (χ1) is 5.59. The molecule has 68 valence electrons. The second-order valence-corrected chi connectivity index (χ2v) is 5.02. The topological polar surface area (TPSA) is 20.2 Å². The maximum atomic E-state index is 9.55. The van der Waals surface area contributed by atoms with Crippen LogP contribution in [0.3, 0.4) is 0 Å². The number of hydrogen-bond donors (Lipinski definition) is 1. The number of halogens is 1. The van der Waals surface area contributed by atoms with E-state index in [0.717, 1.165) is 15.6 Å². The van der Waals surface area contributed by atoms with Crippen LogP contribution in [0.2, 0.25) is 4.34 Å². The molecule has 12 heavy (non-hydrogen) atoms. The number of aliphatic hydroxyl groups is 1. The molecule has 0 aliphatic carbocycles. The Kier molecular flexibility index (Phi) is 3.56. The fourth-order valence-electron chi connectivity index (χ4n) is 0.903. The monoisotopic (exact) mass is 204 g/mol. The molecule has 0 aliphatic rings. The van der Waals surface area contributed by atoms with Crippen LogP contribution >= 0.6 is 22.9 Å². The maximum Gasteiger partial charge on any atom is 0.0931 e. The minimum absolute atomic E-state index is 0.250. The second-order valence-electron chi connectivity index (χ2n) is 3.22. The molecule has 1 unspecified atom stereocenters. The SMILES string of the molecule is CC(C)C(O)Cc1ccc(Cl)s1. The second kappa shape index (κ2) is 4.26. The minimum atomic E-state index is -0.250. The number of hydrogen-bond acceptors (Lipinski definition) is 2. The van der Waals surface area contributed by atoms with E-state index >= 15 is 0 Å². The van der Waals surface area contributed by atoms with Gasteiger partial charge in [0.05, 0.1) is 10.4 Å². The van der Waals surface area contributed by atoms with Crippen molar-refractivity contribution >= 4 is 22.9 Å². The van der Waals surface area contributed by atoms with Gasteiger partial charge in [-0.15, -0.1) is 11.3 Å². The van der Waals surface area contributed by atoms with E-state index in [0.29, 0.717) is 5.92 Å². The summed E-state index contributed by atoms with van der Waals surface area (Å²) in [5.41, 5.74) is 0. The highest BCUT2D eigenvalue weighted by Crippen LogP contribution is 2.23. The molecular weight excluding hydrogens is 192 g/mol. The molecule has 0 saturated carbocycles. The normalized spacial score (nSPS) is 13.8. The number of rotatable bonds is 3. The van der Waals surface area contributed by atoms with Gasteiger partial charge in [-0.25, -0.2) is 0 Å². The Hall–Kier alpha value is -0.0500. The van der Waals surface area contributed by atoms with Gasteiger partial charge in [0.2, 0.25) is 0 Å². The average molecular weight is 205 g/mol. The average Bonchev–Trinajstić information content (AvgIpc) is 2.35. The van der Waals surface area contributed by atoms with Crippen molar-refractivity contribution in [3.05, 3.63) is 21.3 Å². The standard InChI is InChI=1S/C9H13ClOS/c1-6(2)8(11)5-7-3-4-9(10)12-7/h3-4,6,8,11H,5H2,1-2H3. The van der Waals surface area contributed by atoms with Crippen molar-refractivity contribution in [2.75, 3.05) is 0 Å². The van der Waals surface area contributed by atoms with Crippen LogP contribution in [0.5, 0.6) is 0 Å². The third-order valence-electron chi connectivity index (χ3n) is 1.81. The van der Waals surface area contributed by atoms with Crippen LogP contribution in [0.1, 0.15) is 18.7 Å². The summed E-state index contributed by atoms with van der Waals surface area (Å²) >= 11 is 7.30. The van der Waals surface area contributed by atoms with Crippen molar-refractivity contribution in [3.63, 3.8) is 0 Å². The Bertz CT molecular complexity index is 244. The van der Waals surface area contributed by atoms with E-state index in [2.05, 4.69) is 0 Å². The summed E-state index contributed by atoms with van der Waals surface area (Å²) in [6, 6.07) is 3.84. The van der Waals surface area contributed by atoms with E-state index in [4.69, 9.17) is 11.6 Å². The molecule has 3 heteroatoms. The highest BCUT2D eigenvalue weighted by molar-refractivity contribution is 7.16. The first-order valence-corrected chi connectivity index (χ1v) is 5.21. The smallest absolute Gasteiger partial charge is 0.0931 e. The Morgan fingerprint density at radius 2 is 2.17 bits per heavy atom. The zero-order valence-electron chi connectivity index (χ0n) is 7.25. The molecule has 0 aromatic carbocycles. The third-order valence-corrected chi connectivity index (χ3v) is 3.06. The van der Waals surface area contributed by atoms with Crippen molar-refractivity contribution < 1.29 is 5.11 Å². The molecule has 0 saturated heterocycles. The Morgan fingerprint density at radius 3 is 2.58 bits per heavy atom. The first kappa shape index (κ1) is 10.0. The van der Waals surface area contributed by atoms with Gasteiger partial charge in [0.1, 0.15) is 0 Å². The van der Waals surface area contributed by atoms with Crippen LogP contribution in [0.15, 0.2) is 12.1 Å². The van der Waals surface area contributed by atoms with Gasteiger partial charge in [-0.1, -0.05) is 25.4 Å². The molecule has 1 heterocycles. The van der Waals surface area contributed by atoms with Crippen molar-refractivity contribution in [2.45, 2.75) is 26.4 Å². The van der Waals surface area contributed by atoms with Crippen LogP contribution in [0.4, 0.5) is 0 Å². The van der Waals surface area contributed by atoms with Gasteiger partial charge in [-0.3, -0.25) is 0 Å². The Morgan fingerprint density at radius 1 is 1.50 bits per heavy atom. The Labute approximate surface area is 82.0 Å². The van der Waals surface area contributed by atoms with Crippen LogP contribution in [-0.4, -0.2) is 11.2 Å². The summed E-state index contributed by atoms with van der Waals surface area (Å²) < 4.78 is 0.793. The molecule has 1 nitrogen and oxygen atoms in total. The van der Waals surface area contributed by atoms with Crippen molar-refractivity contribution in [1.82, 2.24) is 0 Å². The summed E-state index contributed by atoms with van der Waals surface area (Å²) in [7, 11) is 0. The molecule has 0 amide bonds. The minimum Gasteiger partial charge on any atom is -0.392 e. The lowest BCUT2D eigenvalue weighted by Crippen LogP contribution is -2.16. The van der Waals surface area contributed by atoms with Gasteiger partial charge < -0.3 is 5.11 Å². The molecule has 1 aromatic heterocycles. The van der Waals surface area contributed by atoms with Crippen LogP contribution in [-0.2, 0) is 6.42 Å². The van der Waals surface area contributed by atoms with E-state index in [9.17, 15) is 5.11 Å². The number of aliphatic hydroxyl groups excluding tert-OH is 1. The van der Waals surface area contributed by atoms with Crippen LogP contribution in [0, 0.1) is 5.92 Å². The molecule has 0 radical (unpaired) electrons. The summed E-state index contributed by atoms with van der Waals surface area (Å²) in [5, 5.41) is 9.55. The lowest BCUT2D eigenvalue weighted by molar-refractivity contribution is 0.126. The highest BCUT2D eigenvalue weighted by atomic mass is 35.5. The maximum absolute atomic E-state index is 9.55. The Balaban J connectivity index is 2.52. The van der Waals surface area contributed by atoms with Gasteiger partial charge >= 0.3 is 0 Å². The zero-order valence-corrected chi connectivity index (χ0v) is 8.82. The van der Waals surface area contributed by atoms with Crippen molar-refractivity contribution in [3.8, 4) is 0 Å². The van der Waals surface area contributed by atoms with E-state index in [-0.39, 0.29) is 6.10 Å². The fourth-order valence-corrected chi connectivity index (χ4v) is 2.04. The molecular formula is C9H13ClOS. The first-order valence-electron chi connectivity index (χ1n) is 4.02. The predicted octanol–water partition coefficient (Wildman–Crippen LogP) is 2.96. The van der Waals surface area contributed by atoms with Gasteiger partial charge in [-0.2, -0.15) is 0 Å². The summed E-state index contributed by atoms with van der Waals surface area (Å²) in [4.78, 5) is 1.15. The number of thiophene rings is 1. The predicted molar refractivity (Wildman–Crippen MR) is 53.9 cm³/mol. The molecule has 0 spiro atoms. The van der Waals surface area contributed by atoms with Crippen LogP contribution < -0.4 is 0 Å². The summed E-state index contributed by atoms with van der Waals surface area (Å²) in [6.07, 6.45) is 0.467. The lowest BCUT2D eigenvalue weighted by Gasteiger charge is -2.12. The molecule has 0 aliphatic heterocycles. The van der Waals surface area contributed by atoms with Gasteiger partial charge in [0.15, 0.2) is 0 Å². The van der Waals surface area contributed by atoms with E-state index < -0.39 is 0 Å². The van der Waals surface area contributed by atoms with E-state index in [1.54, 1.807) is 0 Å². The highest BCUT2D eigenvalue weighted by Gasteiger charge is 2.10. The van der Waals surface area contributed by atoms with E-state index in [1.165, 1.54) is 11.3 Å². The molecule has 1 atom stereocenters. The summed E-state index contributed by atoms with van der Waals surface area (Å²) in [6.45, 7) is 4.03. The molecule has 0 bridgehead atoms. The fraction of sp³-hybridized carbons (Fsp3) is 0.556. The molecule has 1 aromatic rings. The van der Waals surface area contributed by atoms with Gasteiger partial charge in [-0.05, 0) is 18.1 Å². The lowest BCUT2D eigenvalue weighted by atomic mass is 10.0.